The molecule has 0 radical (unpaired) electrons. The Hall–Kier alpha value is -1.06. The van der Waals surface area contributed by atoms with E-state index in [4.69, 9.17) is 9.47 Å². The molecule has 48 heavy (non-hydrogen) atoms. The van der Waals surface area contributed by atoms with Crippen LogP contribution >= 0.6 is 0 Å². The fourth-order valence-corrected chi connectivity index (χ4v) is 6.75. The van der Waals surface area contributed by atoms with E-state index in [-0.39, 0.29) is 11.9 Å². The van der Waals surface area contributed by atoms with Crippen molar-refractivity contribution in [2.45, 2.75) is 271 Å². The Kier molecular flexibility index (Phi) is 39.5. The van der Waals surface area contributed by atoms with Crippen LogP contribution in [0.1, 0.15) is 265 Å². The monoisotopic (exact) mass is 679 g/mol. The summed E-state index contributed by atoms with van der Waals surface area (Å²) in [5.74, 6) is -0.402. The van der Waals surface area contributed by atoms with Crippen molar-refractivity contribution in [3.8, 4) is 0 Å². The van der Waals surface area contributed by atoms with Crippen LogP contribution in [0, 0.1) is 0 Å². The van der Waals surface area contributed by atoms with E-state index in [1.54, 1.807) is 0 Å². The zero-order valence-corrected chi connectivity index (χ0v) is 33.1. The molecule has 0 aromatic heterocycles. The zero-order chi connectivity index (χ0) is 35.0. The van der Waals surface area contributed by atoms with Gasteiger partial charge in [-0.2, -0.15) is 0 Å². The van der Waals surface area contributed by atoms with Gasteiger partial charge in [0, 0.05) is 19.3 Å². The first-order valence-corrected chi connectivity index (χ1v) is 22.0. The van der Waals surface area contributed by atoms with Gasteiger partial charge in [-0.15, -0.1) is 0 Å². The van der Waals surface area contributed by atoms with Crippen molar-refractivity contribution in [3.05, 3.63) is 0 Å². The molecule has 0 aliphatic carbocycles. The third kappa shape index (κ3) is 37.8. The lowest BCUT2D eigenvalue weighted by molar-refractivity contribution is -0.189. The maximum absolute atomic E-state index is 12.7. The minimum atomic E-state index is -0.710. The van der Waals surface area contributed by atoms with Crippen molar-refractivity contribution in [2.75, 3.05) is 0 Å². The number of rotatable bonds is 40. The van der Waals surface area contributed by atoms with Gasteiger partial charge < -0.3 is 9.47 Å². The van der Waals surface area contributed by atoms with Crippen LogP contribution in [0.15, 0.2) is 0 Å². The van der Waals surface area contributed by atoms with Gasteiger partial charge in [0.2, 0.25) is 6.29 Å². The Morgan fingerprint density at radius 1 is 0.312 bits per heavy atom. The Labute approximate surface area is 301 Å². The molecule has 0 fully saturated rings. The highest BCUT2D eigenvalue weighted by Crippen LogP contribution is 2.18. The summed E-state index contributed by atoms with van der Waals surface area (Å²) < 4.78 is 11.5. The highest BCUT2D eigenvalue weighted by atomic mass is 16.7. The van der Waals surface area contributed by atoms with Crippen molar-refractivity contribution in [1.29, 1.82) is 0 Å². The Morgan fingerprint density at radius 3 is 0.771 bits per heavy atom. The highest BCUT2D eigenvalue weighted by Gasteiger charge is 2.18. The Bertz CT molecular complexity index is 604. The van der Waals surface area contributed by atoms with Crippen LogP contribution in [-0.2, 0) is 19.1 Å². The molecule has 0 unspecified atom stereocenters. The second-order valence-corrected chi connectivity index (χ2v) is 15.0. The van der Waals surface area contributed by atoms with Crippen LogP contribution in [-0.4, -0.2) is 18.2 Å². The van der Waals surface area contributed by atoms with Gasteiger partial charge in [-0.3, -0.25) is 9.59 Å². The maximum atomic E-state index is 12.7. The van der Waals surface area contributed by atoms with Gasteiger partial charge >= 0.3 is 11.9 Å². The predicted octanol–water partition coefficient (Wildman–Crippen LogP) is 15.3. The van der Waals surface area contributed by atoms with Crippen molar-refractivity contribution in [2.24, 2.45) is 0 Å². The summed E-state index contributed by atoms with van der Waals surface area (Å²) in [5, 5.41) is 0. The lowest BCUT2D eigenvalue weighted by Gasteiger charge is -2.18. The molecule has 286 valence electrons. The molecule has 4 nitrogen and oxygen atoms in total. The summed E-state index contributed by atoms with van der Waals surface area (Å²) in [5.41, 5.74) is 0. The van der Waals surface area contributed by atoms with Crippen LogP contribution in [0.25, 0.3) is 0 Å². The summed E-state index contributed by atoms with van der Waals surface area (Å²) in [7, 11) is 0. The van der Waals surface area contributed by atoms with E-state index in [9.17, 15) is 9.59 Å². The van der Waals surface area contributed by atoms with E-state index in [1.165, 1.54) is 186 Å². The fraction of sp³-hybridized carbons (Fsp3) is 0.955. The molecule has 0 rings (SSSR count). The largest absolute Gasteiger partial charge is 0.425 e. The van der Waals surface area contributed by atoms with Crippen LogP contribution in [0.3, 0.4) is 0 Å². The second kappa shape index (κ2) is 40.4. The Morgan fingerprint density at radius 2 is 0.521 bits per heavy atom. The average Bonchev–Trinajstić information content (AvgIpc) is 3.08. The van der Waals surface area contributed by atoms with Gasteiger partial charge in [-0.25, -0.2) is 0 Å². The zero-order valence-electron chi connectivity index (χ0n) is 33.1. The summed E-state index contributed by atoms with van der Waals surface area (Å²) in [6, 6.07) is 0. The summed E-state index contributed by atoms with van der Waals surface area (Å²) in [4.78, 5) is 25.3. The van der Waals surface area contributed by atoms with Gasteiger partial charge in [-0.1, -0.05) is 226 Å². The molecule has 0 aliphatic heterocycles. The van der Waals surface area contributed by atoms with Crippen LogP contribution in [0.2, 0.25) is 0 Å². The lowest BCUT2D eigenvalue weighted by atomic mass is 10.0. The van der Waals surface area contributed by atoms with E-state index < -0.39 is 6.29 Å². The third-order valence-corrected chi connectivity index (χ3v) is 10.0. The molecule has 0 spiro atoms. The molecule has 0 N–H and O–H groups in total. The number of ether oxygens (including phenoxy) is 2. The number of hydrogen-bond donors (Lipinski definition) is 0. The number of hydrogen-bond acceptors (Lipinski definition) is 4. The van der Waals surface area contributed by atoms with Gasteiger partial charge in [0.15, 0.2) is 0 Å². The van der Waals surface area contributed by atoms with E-state index >= 15 is 0 Å². The standard InChI is InChI=1S/C44H86O4/c1-4-7-10-13-16-19-21-23-25-28-30-33-36-39-42(45)47-44(41-38-35-32-27-18-15-12-9-6-3)48-43(46)40-37-34-31-29-26-24-22-20-17-14-11-8-5-2/h44H,4-41H2,1-3H3. The normalized spacial score (nSPS) is 11.4. The van der Waals surface area contributed by atoms with Crippen LogP contribution < -0.4 is 0 Å². The molecule has 0 saturated heterocycles. The van der Waals surface area contributed by atoms with E-state index in [0.29, 0.717) is 19.3 Å². The highest BCUT2D eigenvalue weighted by molar-refractivity contribution is 5.71. The number of unbranched alkanes of at least 4 members (excludes halogenated alkanes) is 32. The second-order valence-electron chi connectivity index (χ2n) is 15.0. The molecule has 0 aromatic rings. The van der Waals surface area contributed by atoms with Crippen LogP contribution in [0.5, 0.6) is 0 Å². The van der Waals surface area contributed by atoms with Crippen molar-refractivity contribution in [1.82, 2.24) is 0 Å². The van der Waals surface area contributed by atoms with Crippen molar-refractivity contribution in [3.63, 3.8) is 0 Å². The molecule has 0 aromatic carbocycles. The molecule has 0 bridgehead atoms. The van der Waals surface area contributed by atoms with Crippen molar-refractivity contribution < 1.29 is 19.1 Å². The molecule has 4 heteroatoms. The van der Waals surface area contributed by atoms with E-state index in [0.717, 1.165) is 38.5 Å². The maximum Gasteiger partial charge on any atom is 0.308 e. The van der Waals surface area contributed by atoms with Gasteiger partial charge in [0.05, 0.1) is 0 Å². The summed E-state index contributed by atoms with van der Waals surface area (Å²) >= 11 is 0. The molecule has 0 heterocycles. The average molecular weight is 679 g/mol. The molecule has 0 aliphatic rings. The van der Waals surface area contributed by atoms with E-state index in [1.807, 2.05) is 0 Å². The first kappa shape index (κ1) is 46.9. The first-order valence-electron chi connectivity index (χ1n) is 22.0. The van der Waals surface area contributed by atoms with Crippen LogP contribution in [0.4, 0.5) is 0 Å². The van der Waals surface area contributed by atoms with Crippen molar-refractivity contribution >= 4 is 11.9 Å². The number of carbonyl (C=O) groups is 2. The quantitative estimate of drug-likeness (QED) is 0.0368. The smallest absolute Gasteiger partial charge is 0.308 e. The lowest BCUT2D eigenvalue weighted by Crippen LogP contribution is -2.24. The molecular formula is C44H86O4. The number of carbonyl (C=O) groups excluding carboxylic acids is 2. The van der Waals surface area contributed by atoms with Gasteiger partial charge in [-0.05, 0) is 19.3 Å². The SMILES string of the molecule is CCCCCCCCCCCCCCCC(=O)OC(CCCCCCCCCCC)OC(=O)CCCCCCCCCCCCCCC. The minimum absolute atomic E-state index is 0.201. The van der Waals surface area contributed by atoms with Gasteiger partial charge in [0.25, 0.3) is 0 Å². The summed E-state index contributed by atoms with van der Waals surface area (Å²) in [6.45, 7) is 6.81. The van der Waals surface area contributed by atoms with Gasteiger partial charge in [0.1, 0.15) is 0 Å². The first-order chi connectivity index (χ1) is 23.6. The summed E-state index contributed by atoms with van der Waals surface area (Å²) in [6.07, 6.45) is 45.4. The molecule has 0 atom stereocenters. The molecular weight excluding hydrogens is 592 g/mol. The number of esters is 2. The third-order valence-electron chi connectivity index (χ3n) is 10.0. The topological polar surface area (TPSA) is 52.6 Å². The molecule has 0 amide bonds. The van der Waals surface area contributed by atoms with E-state index in [2.05, 4.69) is 20.8 Å². The fourth-order valence-electron chi connectivity index (χ4n) is 6.75. The minimum Gasteiger partial charge on any atom is -0.425 e. The molecule has 0 saturated carbocycles. The Balaban J connectivity index is 4.14. The predicted molar refractivity (Wildman–Crippen MR) is 208 cm³/mol.